The van der Waals surface area contributed by atoms with E-state index in [2.05, 4.69) is 22.7 Å². The molecule has 15 heavy (non-hydrogen) atoms. The van der Waals surface area contributed by atoms with Gasteiger partial charge < -0.3 is 0 Å². The van der Waals surface area contributed by atoms with Crippen molar-refractivity contribution < 1.29 is 0 Å². The van der Waals surface area contributed by atoms with Crippen LogP contribution in [0.5, 0.6) is 0 Å². The number of rotatable bonds is 4. The Kier molecular flexibility index (Phi) is 3.11. The van der Waals surface area contributed by atoms with Crippen LogP contribution in [0.25, 0.3) is 0 Å². The van der Waals surface area contributed by atoms with Crippen LogP contribution < -0.4 is 11.3 Å². The first-order chi connectivity index (χ1) is 7.38. The molecule has 0 saturated heterocycles. The molecule has 0 atom stereocenters. The SMILES string of the molecule is NNCc1cnn(Cc2ccccc2)c1. The number of aromatic nitrogens is 2. The van der Waals surface area contributed by atoms with E-state index in [1.165, 1.54) is 5.56 Å². The van der Waals surface area contributed by atoms with E-state index in [1.54, 1.807) is 0 Å². The summed E-state index contributed by atoms with van der Waals surface area (Å²) in [5.41, 5.74) is 4.94. The Morgan fingerprint density at radius 2 is 2.00 bits per heavy atom. The van der Waals surface area contributed by atoms with Crippen LogP contribution >= 0.6 is 0 Å². The molecule has 0 bridgehead atoms. The van der Waals surface area contributed by atoms with Gasteiger partial charge in [-0.15, -0.1) is 0 Å². The molecule has 3 N–H and O–H groups in total. The maximum absolute atomic E-state index is 5.24. The van der Waals surface area contributed by atoms with Crippen molar-refractivity contribution >= 4 is 0 Å². The average molecular weight is 202 g/mol. The van der Waals surface area contributed by atoms with Gasteiger partial charge in [0.2, 0.25) is 0 Å². The largest absolute Gasteiger partial charge is 0.271 e. The molecule has 4 nitrogen and oxygen atoms in total. The predicted octanol–water partition coefficient (Wildman–Crippen LogP) is 0.895. The Labute approximate surface area is 88.7 Å². The van der Waals surface area contributed by atoms with Crippen molar-refractivity contribution in [3.63, 3.8) is 0 Å². The van der Waals surface area contributed by atoms with Gasteiger partial charge in [-0.05, 0) is 5.56 Å². The van der Waals surface area contributed by atoms with E-state index in [-0.39, 0.29) is 0 Å². The van der Waals surface area contributed by atoms with Gasteiger partial charge in [0.15, 0.2) is 0 Å². The van der Waals surface area contributed by atoms with E-state index in [0.717, 1.165) is 12.1 Å². The zero-order chi connectivity index (χ0) is 10.5. The molecule has 0 aliphatic carbocycles. The predicted molar refractivity (Wildman–Crippen MR) is 58.8 cm³/mol. The maximum Gasteiger partial charge on any atom is 0.0659 e. The fourth-order valence-electron chi connectivity index (χ4n) is 1.47. The topological polar surface area (TPSA) is 55.9 Å². The minimum atomic E-state index is 0.648. The molecule has 1 heterocycles. The smallest absolute Gasteiger partial charge is 0.0659 e. The van der Waals surface area contributed by atoms with Gasteiger partial charge in [0, 0.05) is 18.3 Å². The second-order valence-electron chi connectivity index (χ2n) is 3.41. The van der Waals surface area contributed by atoms with E-state index in [1.807, 2.05) is 35.3 Å². The maximum atomic E-state index is 5.24. The standard InChI is InChI=1S/C11H14N4/c12-13-6-11-7-14-15(9-11)8-10-4-2-1-3-5-10/h1-5,7,9,13H,6,8,12H2. The zero-order valence-electron chi connectivity index (χ0n) is 8.43. The van der Waals surface area contributed by atoms with Crippen LogP contribution in [-0.2, 0) is 13.1 Å². The van der Waals surface area contributed by atoms with Gasteiger partial charge in [0.1, 0.15) is 0 Å². The van der Waals surface area contributed by atoms with Gasteiger partial charge in [0.25, 0.3) is 0 Å². The Balaban J connectivity index is 2.05. The highest BCUT2D eigenvalue weighted by Crippen LogP contribution is 2.03. The van der Waals surface area contributed by atoms with Crippen molar-refractivity contribution in [1.82, 2.24) is 15.2 Å². The van der Waals surface area contributed by atoms with Crippen molar-refractivity contribution in [2.75, 3.05) is 0 Å². The molecule has 0 saturated carbocycles. The molecule has 1 aromatic carbocycles. The van der Waals surface area contributed by atoms with Crippen molar-refractivity contribution in [1.29, 1.82) is 0 Å². The fraction of sp³-hybridized carbons (Fsp3) is 0.182. The van der Waals surface area contributed by atoms with Crippen molar-refractivity contribution in [3.05, 3.63) is 53.9 Å². The van der Waals surface area contributed by atoms with Crippen molar-refractivity contribution in [3.8, 4) is 0 Å². The number of hydrogen-bond acceptors (Lipinski definition) is 3. The number of nitrogens with zero attached hydrogens (tertiary/aromatic N) is 2. The molecule has 0 aliphatic rings. The van der Waals surface area contributed by atoms with Crippen molar-refractivity contribution in [2.24, 2.45) is 5.84 Å². The summed E-state index contributed by atoms with van der Waals surface area (Å²) in [4.78, 5) is 0. The van der Waals surface area contributed by atoms with Crippen LogP contribution in [0.15, 0.2) is 42.7 Å². The molecule has 78 valence electrons. The first-order valence-corrected chi connectivity index (χ1v) is 4.87. The van der Waals surface area contributed by atoms with E-state index >= 15 is 0 Å². The summed E-state index contributed by atoms with van der Waals surface area (Å²) in [5.74, 6) is 5.24. The lowest BCUT2D eigenvalue weighted by Gasteiger charge is -2.00. The Morgan fingerprint density at radius 1 is 1.20 bits per heavy atom. The lowest BCUT2D eigenvalue weighted by atomic mass is 10.2. The molecule has 0 amide bonds. The van der Waals surface area contributed by atoms with Crippen LogP contribution in [0.3, 0.4) is 0 Å². The lowest BCUT2D eigenvalue weighted by Crippen LogP contribution is -2.20. The van der Waals surface area contributed by atoms with Crippen LogP contribution in [0.2, 0.25) is 0 Å². The summed E-state index contributed by atoms with van der Waals surface area (Å²) in [6, 6.07) is 10.2. The third-order valence-corrected chi connectivity index (χ3v) is 2.18. The van der Waals surface area contributed by atoms with E-state index < -0.39 is 0 Å². The summed E-state index contributed by atoms with van der Waals surface area (Å²) >= 11 is 0. The summed E-state index contributed by atoms with van der Waals surface area (Å²) in [6.07, 6.45) is 3.82. The van der Waals surface area contributed by atoms with Gasteiger partial charge in [-0.25, -0.2) is 0 Å². The fourth-order valence-corrected chi connectivity index (χ4v) is 1.47. The molecule has 2 aromatic rings. The highest BCUT2D eigenvalue weighted by molar-refractivity contribution is 5.15. The Bertz CT molecular complexity index is 408. The van der Waals surface area contributed by atoms with Crippen LogP contribution in [0.1, 0.15) is 11.1 Å². The third kappa shape index (κ3) is 2.65. The molecule has 2 rings (SSSR count). The second kappa shape index (κ2) is 4.72. The average Bonchev–Trinajstić information content (AvgIpc) is 2.68. The van der Waals surface area contributed by atoms with Gasteiger partial charge in [0.05, 0.1) is 12.7 Å². The van der Waals surface area contributed by atoms with Gasteiger partial charge in [-0.3, -0.25) is 16.0 Å². The highest BCUT2D eigenvalue weighted by atomic mass is 15.3. The first-order valence-electron chi connectivity index (χ1n) is 4.87. The number of hydrazine groups is 1. The molecule has 0 fully saturated rings. The second-order valence-corrected chi connectivity index (χ2v) is 3.41. The first kappa shape index (κ1) is 9.89. The quantitative estimate of drug-likeness (QED) is 0.572. The van der Waals surface area contributed by atoms with Crippen LogP contribution in [0, 0.1) is 0 Å². The molecule has 0 unspecified atom stereocenters. The Morgan fingerprint density at radius 3 is 2.73 bits per heavy atom. The third-order valence-electron chi connectivity index (χ3n) is 2.18. The van der Waals surface area contributed by atoms with Gasteiger partial charge >= 0.3 is 0 Å². The molecule has 0 spiro atoms. The monoisotopic (exact) mass is 202 g/mol. The highest BCUT2D eigenvalue weighted by Gasteiger charge is 1.98. The zero-order valence-corrected chi connectivity index (χ0v) is 8.43. The van der Waals surface area contributed by atoms with Crippen LogP contribution in [0.4, 0.5) is 0 Å². The molecule has 4 heteroatoms. The minimum Gasteiger partial charge on any atom is -0.271 e. The Hall–Kier alpha value is -1.65. The summed E-state index contributed by atoms with van der Waals surface area (Å²) in [5, 5.41) is 4.25. The molecular formula is C11H14N4. The molecule has 0 radical (unpaired) electrons. The normalized spacial score (nSPS) is 10.5. The number of hydrogen-bond donors (Lipinski definition) is 2. The molecule has 0 aliphatic heterocycles. The van der Waals surface area contributed by atoms with E-state index in [4.69, 9.17) is 5.84 Å². The van der Waals surface area contributed by atoms with Gasteiger partial charge in [-0.1, -0.05) is 30.3 Å². The van der Waals surface area contributed by atoms with Crippen LogP contribution in [-0.4, -0.2) is 9.78 Å². The molecule has 1 aromatic heterocycles. The number of nitrogens with one attached hydrogen (secondary N) is 1. The minimum absolute atomic E-state index is 0.648. The van der Waals surface area contributed by atoms with E-state index in [9.17, 15) is 0 Å². The lowest BCUT2D eigenvalue weighted by molar-refractivity contribution is 0.683. The summed E-state index contributed by atoms with van der Waals surface area (Å²) < 4.78 is 1.90. The summed E-state index contributed by atoms with van der Waals surface area (Å²) in [7, 11) is 0. The van der Waals surface area contributed by atoms with Gasteiger partial charge in [-0.2, -0.15) is 5.10 Å². The number of nitrogens with two attached hydrogens (primary N) is 1. The summed E-state index contributed by atoms with van der Waals surface area (Å²) in [6.45, 7) is 1.44. The van der Waals surface area contributed by atoms with Crippen molar-refractivity contribution in [2.45, 2.75) is 13.1 Å². The molecular weight excluding hydrogens is 188 g/mol. The van der Waals surface area contributed by atoms with E-state index in [0.29, 0.717) is 6.54 Å². The number of benzene rings is 1.